The minimum atomic E-state index is -0.315. The number of rotatable bonds is 4. The Balaban J connectivity index is 1.94. The molecule has 0 saturated carbocycles. The summed E-state index contributed by atoms with van der Waals surface area (Å²) in [6.07, 6.45) is 0.769. The standard InChI is InChI=1S/C14H22N2O/c1-11(8-15)14(17)10-16-7-6-12-4-2-3-5-13(12)9-16/h2-5,11,14,17H,6-10,15H2,1H3. The molecule has 1 heterocycles. The molecular formula is C14H22N2O. The Labute approximate surface area is 103 Å². The van der Waals surface area contributed by atoms with Crippen molar-refractivity contribution in [3.8, 4) is 0 Å². The number of hydrogen-bond acceptors (Lipinski definition) is 3. The van der Waals surface area contributed by atoms with Crippen molar-refractivity contribution in [1.29, 1.82) is 0 Å². The third kappa shape index (κ3) is 3.06. The van der Waals surface area contributed by atoms with Crippen molar-refractivity contribution >= 4 is 0 Å². The van der Waals surface area contributed by atoms with Gasteiger partial charge in [-0.15, -0.1) is 0 Å². The number of aliphatic hydroxyl groups excluding tert-OH is 1. The summed E-state index contributed by atoms with van der Waals surface area (Å²) in [5.41, 5.74) is 8.42. The van der Waals surface area contributed by atoms with Crippen LogP contribution in [0.5, 0.6) is 0 Å². The highest BCUT2D eigenvalue weighted by molar-refractivity contribution is 5.29. The van der Waals surface area contributed by atoms with Crippen molar-refractivity contribution in [3.63, 3.8) is 0 Å². The first-order valence-corrected chi connectivity index (χ1v) is 6.38. The Morgan fingerprint density at radius 1 is 1.35 bits per heavy atom. The van der Waals surface area contributed by atoms with Gasteiger partial charge in [-0.25, -0.2) is 0 Å². The van der Waals surface area contributed by atoms with Gasteiger partial charge in [0.2, 0.25) is 0 Å². The van der Waals surface area contributed by atoms with Gasteiger partial charge in [0, 0.05) is 19.6 Å². The minimum Gasteiger partial charge on any atom is -0.391 e. The fourth-order valence-electron chi connectivity index (χ4n) is 2.31. The molecule has 0 aromatic heterocycles. The lowest BCUT2D eigenvalue weighted by atomic mass is 9.98. The normalized spacial score (nSPS) is 19.7. The molecule has 0 radical (unpaired) electrons. The third-order valence-electron chi connectivity index (χ3n) is 3.68. The van der Waals surface area contributed by atoms with Crippen LogP contribution in [0.3, 0.4) is 0 Å². The Morgan fingerprint density at radius 3 is 2.76 bits per heavy atom. The molecule has 2 unspecified atom stereocenters. The summed E-state index contributed by atoms with van der Waals surface area (Å²) in [7, 11) is 0. The molecule has 0 spiro atoms. The van der Waals surface area contributed by atoms with Crippen molar-refractivity contribution < 1.29 is 5.11 Å². The van der Waals surface area contributed by atoms with Crippen LogP contribution >= 0.6 is 0 Å². The zero-order valence-corrected chi connectivity index (χ0v) is 10.5. The molecule has 0 aliphatic carbocycles. The molecular weight excluding hydrogens is 212 g/mol. The van der Waals surface area contributed by atoms with Gasteiger partial charge in [0.15, 0.2) is 0 Å². The Hall–Kier alpha value is -0.900. The summed E-state index contributed by atoms with van der Waals surface area (Å²) in [6.45, 7) is 5.26. The van der Waals surface area contributed by atoms with Crippen LogP contribution in [0.4, 0.5) is 0 Å². The molecule has 0 amide bonds. The maximum atomic E-state index is 10.00. The average Bonchev–Trinajstić information content (AvgIpc) is 2.37. The van der Waals surface area contributed by atoms with Gasteiger partial charge in [-0.05, 0) is 30.0 Å². The molecule has 0 fully saturated rings. The van der Waals surface area contributed by atoms with Crippen LogP contribution < -0.4 is 5.73 Å². The van der Waals surface area contributed by atoms with Gasteiger partial charge in [-0.1, -0.05) is 31.2 Å². The van der Waals surface area contributed by atoms with Gasteiger partial charge in [-0.2, -0.15) is 0 Å². The molecule has 1 aromatic carbocycles. The molecule has 2 atom stereocenters. The molecule has 2 rings (SSSR count). The molecule has 1 aromatic rings. The molecule has 3 nitrogen and oxygen atoms in total. The van der Waals surface area contributed by atoms with E-state index in [4.69, 9.17) is 5.73 Å². The van der Waals surface area contributed by atoms with Gasteiger partial charge in [-0.3, -0.25) is 4.90 Å². The second-order valence-corrected chi connectivity index (χ2v) is 5.03. The average molecular weight is 234 g/mol. The molecule has 0 saturated heterocycles. The summed E-state index contributed by atoms with van der Waals surface area (Å²) < 4.78 is 0. The van der Waals surface area contributed by atoms with Crippen LogP contribution in [0.1, 0.15) is 18.1 Å². The van der Waals surface area contributed by atoms with Gasteiger partial charge < -0.3 is 10.8 Å². The predicted molar refractivity (Wildman–Crippen MR) is 69.6 cm³/mol. The highest BCUT2D eigenvalue weighted by Crippen LogP contribution is 2.19. The number of fused-ring (bicyclic) bond motifs is 1. The lowest BCUT2D eigenvalue weighted by molar-refractivity contribution is 0.0677. The van der Waals surface area contributed by atoms with Gasteiger partial charge in [0.1, 0.15) is 0 Å². The second kappa shape index (κ2) is 5.63. The summed E-state index contributed by atoms with van der Waals surface area (Å²) >= 11 is 0. The molecule has 3 heteroatoms. The van der Waals surface area contributed by atoms with E-state index in [1.807, 2.05) is 6.92 Å². The van der Waals surface area contributed by atoms with E-state index in [-0.39, 0.29) is 12.0 Å². The van der Waals surface area contributed by atoms with Crippen molar-refractivity contribution in [3.05, 3.63) is 35.4 Å². The maximum Gasteiger partial charge on any atom is 0.0704 e. The van der Waals surface area contributed by atoms with Crippen LogP contribution in [-0.2, 0) is 13.0 Å². The van der Waals surface area contributed by atoms with Gasteiger partial charge in [0.25, 0.3) is 0 Å². The second-order valence-electron chi connectivity index (χ2n) is 5.03. The third-order valence-corrected chi connectivity index (χ3v) is 3.68. The van der Waals surface area contributed by atoms with E-state index < -0.39 is 0 Å². The lowest BCUT2D eigenvalue weighted by Crippen LogP contribution is -2.40. The summed E-state index contributed by atoms with van der Waals surface area (Å²) in [6, 6.07) is 8.56. The first kappa shape index (κ1) is 12.6. The first-order chi connectivity index (χ1) is 8.20. The van der Waals surface area contributed by atoms with Crippen molar-refractivity contribution in [2.24, 2.45) is 11.7 Å². The highest BCUT2D eigenvalue weighted by Gasteiger charge is 2.20. The zero-order chi connectivity index (χ0) is 12.3. The Bertz CT molecular complexity index is 367. The predicted octanol–water partition coefficient (Wildman–Crippen LogP) is 1.00. The maximum absolute atomic E-state index is 10.00. The van der Waals surface area contributed by atoms with E-state index >= 15 is 0 Å². The van der Waals surface area contributed by atoms with E-state index in [9.17, 15) is 5.11 Å². The lowest BCUT2D eigenvalue weighted by Gasteiger charge is -2.31. The van der Waals surface area contributed by atoms with Gasteiger partial charge in [0.05, 0.1) is 6.10 Å². The van der Waals surface area contributed by atoms with Gasteiger partial charge >= 0.3 is 0 Å². The summed E-state index contributed by atoms with van der Waals surface area (Å²) in [5, 5.41) is 10.00. The first-order valence-electron chi connectivity index (χ1n) is 6.38. The van der Waals surface area contributed by atoms with Crippen LogP contribution in [0.25, 0.3) is 0 Å². The summed E-state index contributed by atoms with van der Waals surface area (Å²) in [4.78, 5) is 2.32. The Morgan fingerprint density at radius 2 is 2.06 bits per heavy atom. The van der Waals surface area contributed by atoms with E-state index in [1.54, 1.807) is 0 Å². The number of benzene rings is 1. The van der Waals surface area contributed by atoms with Crippen molar-refractivity contribution in [1.82, 2.24) is 4.90 Å². The SMILES string of the molecule is CC(CN)C(O)CN1CCc2ccccc2C1. The quantitative estimate of drug-likeness (QED) is 0.817. The highest BCUT2D eigenvalue weighted by atomic mass is 16.3. The number of nitrogens with zero attached hydrogens (tertiary/aromatic N) is 1. The smallest absolute Gasteiger partial charge is 0.0704 e. The van der Waals surface area contributed by atoms with Crippen LogP contribution in [-0.4, -0.2) is 35.7 Å². The zero-order valence-electron chi connectivity index (χ0n) is 10.5. The molecule has 17 heavy (non-hydrogen) atoms. The van der Waals surface area contributed by atoms with Crippen LogP contribution in [0.15, 0.2) is 24.3 Å². The van der Waals surface area contributed by atoms with E-state index in [0.717, 1.165) is 26.1 Å². The fourth-order valence-corrected chi connectivity index (χ4v) is 2.31. The summed E-state index contributed by atoms with van der Waals surface area (Å²) in [5.74, 6) is 0.173. The molecule has 0 bridgehead atoms. The van der Waals surface area contributed by atoms with E-state index in [1.165, 1.54) is 11.1 Å². The monoisotopic (exact) mass is 234 g/mol. The topological polar surface area (TPSA) is 49.5 Å². The van der Waals surface area contributed by atoms with E-state index in [2.05, 4.69) is 29.2 Å². The Kier molecular flexibility index (Phi) is 4.15. The largest absolute Gasteiger partial charge is 0.391 e. The van der Waals surface area contributed by atoms with Crippen LogP contribution in [0.2, 0.25) is 0 Å². The molecule has 94 valence electrons. The molecule has 1 aliphatic heterocycles. The molecule has 3 N–H and O–H groups in total. The van der Waals surface area contributed by atoms with Crippen molar-refractivity contribution in [2.45, 2.75) is 26.0 Å². The number of aliphatic hydroxyl groups is 1. The number of β-amino-alcohol motifs (C(OH)–C–C–N with tert-alkyl or cyclic N) is 1. The number of nitrogens with two attached hydrogens (primary N) is 1. The molecule has 1 aliphatic rings. The van der Waals surface area contributed by atoms with Crippen LogP contribution in [0, 0.1) is 5.92 Å². The van der Waals surface area contributed by atoms with Crippen molar-refractivity contribution in [2.75, 3.05) is 19.6 Å². The fraction of sp³-hybridized carbons (Fsp3) is 0.571. The minimum absolute atomic E-state index is 0.173. The van der Waals surface area contributed by atoms with E-state index in [0.29, 0.717) is 6.54 Å². The number of hydrogen-bond donors (Lipinski definition) is 2.